The molecule has 0 aliphatic carbocycles. The molecule has 1 aliphatic rings. The molecule has 9 heteroatoms. The number of hydrogen-bond donors (Lipinski definition) is 3. The first-order valence-electron chi connectivity index (χ1n) is 10.2. The van der Waals surface area contributed by atoms with Crippen LogP contribution in [0.2, 0.25) is 5.02 Å². The summed E-state index contributed by atoms with van der Waals surface area (Å²) in [7, 11) is 0. The van der Waals surface area contributed by atoms with E-state index in [9.17, 15) is 18.7 Å². The third kappa shape index (κ3) is 4.98. The molecule has 0 spiro atoms. The van der Waals surface area contributed by atoms with Gasteiger partial charge in [0.15, 0.2) is 0 Å². The third-order valence-corrected chi connectivity index (χ3v) is 5.74. The summed E-state index contributed by atoms with van der Waals surface area (Å²) >= 11 is 5.71. The Morgan fingerprint density at radius 3 is 2.84 bits per heavy atom. The molecule has 1 fully saturated rings. The summed E-state index contributed by atoms with van der Waals surface area (Å²) in [4.78, 5) is 17.1. The zero-order valence-corrected chi connectivity index (χ0v) is 17.8. The molecule has 3 aromatic rings. The number of anilines is 1. The summed E-state index contributed by atoms with van der Waals surface area (Å²) in [6, 6.07) is 9.76. The van der Waals surface area contributed by atoms with Crippen molar-refractivity contribution in [1.29, 1.82) is 0 Å². The molecule has 3 unspecified atom stereocenters. The molecule has 32 heavy (non-hydrogen) atoms. The van der Waals surface area contributed by atoms with Crippen molar-refractivity contribution in [2.45, 2.75) is 24.7 Å². The first-order chi connectivity index (χ1) is 15.4. The van der Waals surface area contributed by atoms with Gasteiger partial charge in [-0.25, -0.2) is 13.8 Å². The molecule has 4 rings (SSSR count). The first-order valence-corrected chi connectivity index (χ1v) is 10.6. The number of aromatic nitrogens is 1. The smallest absolute Gasteiger partial charge is 0.251 e. The summed E-state index contributed by atoms with van der Waals surface area (Å²) in [5.41, 5.74) is 0.758. The fraction of sp³-hybridized carbons (Fsp3) is 0.304. The van der Waals surface area contributed by atoms with Gasteiger partial charge in [0.25, 0.3) is 5.91 Å². The van der Waals surface area contributed by atoms with Crippen LogP contribution in [0.1, 0.15) is 28.4 Å². The number of ether oxygens (including phenoxy) is 1. The van der Waals surface area contributed by atoms with E-state index in [-0.39, 0.29) is 17.7 Å². The van der Waals surface area contributed by atoms with Crippen LogP contribution in [0.5, 0.6) is 0 Å². The maximum Gasteiger partial charge on any atom is 0.251 e. The number of benzene rings is 2. The Labute approximate surface area is 188 Å². The zero-order chi connectivity index (χ0) is 22.7. The van der Waals surface area contributed by atoms with Crippen LogP contribution in [0.25, 0.3) is 10.8 Å². The number of pyridine rings is 1. The molecule has 0 bridgehead atoms. The van der Waals surface area contributed by atoms with Crippen molar-refractivity contribution >= 4 is 34.1 Å². The SMILES string of the molecule is O=C(NC(CO)c1ccc(Cl)c(F)c1)c1ccc2cnc(NC3CCOCC3F)cc2c1. The highest BCUT2D eigenvalue weighted by molar-refractivity contribution is 6.30. The highest BCUT2D eigenvalue weighted by Crippen LogP contribution is 2.23. The molecule has 1 aromatic heterocycles. The molecule has 1 aliphatic heterocycles. The molecule has 168 valence electrons. The van der Waals surface area contributed by atoms with E-state index in [1.54, 1.807) is 36.5 Å². The summed E-state index contributed by atoms with van der Waals surface area (Å²) in [5, 5.41) is 17.0. The van der Waals surface area contributed by atoms with Gasteiger partial charge in [-0.2, -0.15) is 0 Å². The second-order valence-corrected chi connectivity index (χ2v) is 8.05. The molecule has 0 radical (unpaired) electrons. The normalized spacial score (nSPS) is 19.5. The lowest BCUT2D eigenvalue weighted by atomic mass is 10.0. The number of rotatable bonds is 6. The lowest BCUT2D eigenvalue weighted by molar-refractivity contribution is 0.0285. The number of carbonyl (C=O) groups is 1. The standard InChI is InChI=1S/C23H22ClF2N3O3/c24-17-4-3-13(8-18(17)25)21(11-30)29-23(31)14-1-2-15-10-27-22(9-16(15)7-14)28-20-5-6-32-12-19(20)26/h1-4,7-10,19-21,30H,5-6,11-12H2,(H,27,28)(H,29,31). The van der Waals surface area contributed by atoms with Crippen LogP contribution in [-0.4, -0.2) is 48.0 Å². The second-order valence-electron chi connectivity index (χ2n) is 7.64. The average molecular weight is 462 g/mol. The van der Waals surface area contributed by atoms with Crippen LogP contribution < -0.4 is 10.6 Å². The third-order valence-electron chi connectivity index (χ3n) is 5.44. The van der Waals surface area contributed by atoms with Gasteiger partial charge in [-0.05, 0) is 47.7 Å². The van der Waals surface area contributed by atoms with Gasteiger partial charge in [-0.15, -0.1) is 0 Å². The fourth-order valence-electron chi connectivity index (χ4n) is 3.62. The Balaban J connectivity index is 1.52. The highest BCUT2D eigenvalue weighted by Gasteiger charge is 2.25. The van der Waals surface area contributed by atoms with E-state index in [0.717, 1.165) is 10.8 Å². The number of alkyl halides is 1. The van der Waals surface area contributed by atoms with Gasteiger partial charge in [0, 0.05) is 23.8 Å². The van der Waals surface area contributed by atoms with E-state index in [1.165, 1.54) is 12.1 Å². The van der Waals surface area contributed by atoms with Crippen LogP contribution in [0.3, 0.4) is 0 Å². The topological polar surface area (TPSA) is 83.5 Å². The number of nitrogens with one attached hydrogen (secondary N) is 2. The van der Waals surface area contributed by atoms with Crippen molar-refractivity contribution in [2.75, 3.05) is 25.1 Å². The van der Waals surface area contributed by atoms with Crippen LogP contribution in [0.15, 0.2) is 48.7 Å². The van der Waals surface area contributed by atoms with Crippen LogP contribution in [0, 0.1) is 5.82 Å². The zero-order valence-electron chi connectivity index (χ0n) is 17.0. The summed E-state index contributed by atoms with van der Waals surface area (Å²) in [6.45, 7) is 0.131. The van der Waals surface area contributed by atoms with Gasteiger partial charge < -0.3 is 20.5 Å². The van der Waals surface area contributed by atoms with Crippen molar-refractivity contribution in [3.8, 4) is 0 Å². The number of aliphatic hydroxyl groups is 1. The molecular formula is C23H22ClF2N3O3. The first kappa shape index (κ1) is 22.4. The Morgan fingerprint density at radius 2 is 2.09 bits per heavy atom. The van der Waals surface area contributed by atoms with Crippen molar-refractivity contribution in [1.82, 2.24) is 10.3 Å². The predicted octanol–water partition coefficient (Wildman–Crippen LogP) is 4.03. The minimum atomic E-state index is -1.12. The van der Waals surface area contributed by atoms with Crippen molar-refractivity contribution in [3.05, 3.63) is 70.6 Å². The van der Waals surface area contributed by atoms with Gasteiger partial charge in [-0.1, -0.05) is 23.7 Å². The molecule has 2 heterocycles. The number of nitrogens with zero attached hydrogens (tertiary/aromatic N) is 1. The number of hydrogen-bond acceptors (Lipinski definition) is 5. The molecule has 1 saturated heterocycles. The maximum atomic E-state index is 14.0. The summed E-state index contributed by atoms with van der Waals surface area (Å²) in [5.74, 6) is -0.550. The quantitative estimate of drug-likeness (QED) is 0.516. The van der Waals surface area contributed by atoms with E-state index in [1.807, 2.05) is 0 Å². The van der Waals surface area contributed by atoms with Crippen LogP contribution in [0.4, 0.5) is 14.6 Å². The predicted molar refractivity (Wildman–Crippen MR) is 118 cm³/mol. The Kier molecular flexibility index (Phi) is 6.83. The number of carbonyl (C=O) groups excluding carboxylic acids is 1. The van der Waals surface area contributed by atoms with Crippen LogP contribution in [-0.2, 0) is 4.74 Å². The lowest BCUT2D eigenvalue weighted by Gasteiger charge is -2.27. The summed E-state index contributed by atoms with van der Waals surface area (Å²) < 4.78 is 32.9. The van der Waals surface area contributed by atoms with Gasteiger partial charge in [0.1, 0.15) is 17.8 Å². The highest BCUT2D eigenvalue weighted by atomic mass is 35.5. The largest absolute Gasteiger partial charge is 0.394 e. The maximum absolute atomic E-state index is 14.0. The average Bonchev–Trinajstić information content (AvgIpc) is 2.80. The molecule has 0 saturated carbocycles. The van der Waals surface area contributed by atoms with Gasteiger partial charge in [-0.3, -0.25) is 4.79 Å². The number of aliphatic hydroxyl groups excluding tert-OH is 1. The lowest BCUT2D eigenvalue weighted by Crippen LogP contribution is -2.39. The molecule has 3 atom stereocenters. The van der Waals surface area contributed by atoms with E-state index in [4.69, 9.17) is 16.3 Å². The van der Waals surface area contributed by atoms with Gasteiger partial charge >= 0.3 is 0 Å². The molecule has 2 aromatic carbocycles. The minimum Gasteiger partial charge on any atom is -0.394 e. The molecule has 3 N–H and O–H groups in total. The second kappa shape index (κ2) is 9.77. The number of amides is 1. The van der Waals surface area contributed by atoms with E-state index in [0.29, 0.717) is 30.0 Å². The van der Waals surface area contributed by atoms with Crippen LogP contribution >= 0.6 is 11.6 Å². The van der Waals surface area contributed by atoms with Gasteiger partial charge in [0.2, 0.25) is 0 Å². The van der Waals surface area contributed by atoms with E-state index < -0.39 is 30.5 Å². The number of halogens is 3. The Bertz CT molecular complexity index is 1130. The molecule has 1 amide bonds. The fourth-order valence-corrected chi connectivity index (χ4v) is 3.74. The van der Waals surface area contributed by atoms with Crippen molar-refractivity contribution in [3.63, 3.8) is 0 Å². The van der Waals surface area contributed by atoms with Crippen molar-refractivity contribution in [2.24, 2.45) is 0 Å². The van der Waals surface area contributed by atoms with Gasteiger partial charge in [0.05, 0.1) is 30.3 Å². The minimum absolute atomic E-state index is 0.0378. The monoisotopic (exact) mass is 461 g/mol. The molecular weight excluding hydrogens is 440 g/mol. The number of fused-ring (bicyclic) bond motifs is 1. The Hall–Kier alpha value is -2.81. The molecule has 6 nitrogen and oxygen atoms in total. The summed E-state index contributed by atoms with van der Waals surface area (Å²) in [6.07, 6.45) is 1.07. The van der Waals surface area contributed by atoms with E-state index >= 15 is 0 Å². The van der Waals surface area contributed by atoms with E-state index in [2.05, 4.69) is 15.6 Å². The Morgan fingerprint density at radius 1 is 1.25 bits per heavy atom. The van der Waals surface area contributed by atoms with Crippen molar-refractivity contribution < 1.29 is 23.4 Å².